The zero-order chi connectivity index (χ0) is 33.2. The van der Waals surface area contributed by atoms with Crippen molar-refractivity contribution in [3.63, 3.8) is 0 Å². The Kier molecular flexibility index (Phi) is 5.29. The summed E-state index contributed by atoms with van der Waals surface area (Å²) in [4.78, 5) is 0. The summed E-state index contributed by atoms with van der Waals surface area (Å²) in [5.74, 6) is 0. The van der Waals surface area contributed by atoms with Gasteiger partial charge in [0, 0.05) is 21.8 Å². The molecule has 10 aromatic carbocycles. The number of benzene rings is 10. The normalized spacial score (nSPS) is 12.3. The Balaban J connectivity index is 1.09. The quantitative estimate of drug-likeness (QED) is 0.165. The highest BCUT2D eigenvalue weighted by Gasteiger charge is 2.24. The van der Waals surface area contributed by atoms with Crippen LogP contribution in [0.4, 0.5) is 0 Å². The Hall–Kier alpha value is -6.70. The second-order valence-corrected chi connectivity index (χ2v) is 14.0. The number of fused-ring (bicyclic) bond motifs is 14. The number of hydrogen-bond acceptors (Lipinski definition) is 0. The molecule has 11 aromatic rings. The highest BCUT2D eigenvalue weighted by atomic mass is 15.0. The van der Waals surface area contributed by atoms with Crippen molar-refractivity contribution in [3.05, 3.63) is 176 Å². The Morgan fingerprint density at radius 1 is 0.314 bits per heavy atom. The van der Waals surface area contributed by atoms with Gasteiger partial charge in [0.15, 0.2) is 0 Å². The first-order valence-electron chi connectivity index (χ1n) is 17.8. The van der Waals surface area contributed by atoms with Gasteiger partial charge in [-0.05, 0) is 106 Å². The molecule has 0 saturated carbocycles. The second-order valence-electron chi connectivity index (χ2n) is 14.0. The fraction of sp³-hybridized carbons (Fsp3) is 0. The lowest BCUT2D eigenvalue weighted by Gasteiger charge is -2.15. The molecule has 0 unspecified atom stereocenters. The van der Waals surface area contributed by atoms with Crippen LogP contribution < -0.4 is 0 Å². The first-order valence-corrected chi connectivity index (χ1v) is 17.8. The molecule has 51 heavy (non-hydrogen) atoms. The van der Waals surface area contributed by atoms with Gasteiger partial charge in [-0.3, -0.25) is 0 Å². The number of aromatic nitrogens is 1. The van der Waals surface area contributed by atoms with E-state index >= 15 is 0 Å². The standard InChI is InChI=1S/C50H29N/c1-2-13-36-30(10-1)25-27-44-47(36)40-14-3-4-15-41(40)50-49(44)42-16-5-6-21-45(42)51(50)35-26-24-32-28-34(23-22-33(32)29-35)37-17-9-19-39-38-18-7-11-31-12-8-20-43(46(31)38)48(37)39/h1-29H. The van der Waals surface area contributed by atoms with Gasteiger partial charge >= 0.3 is 0 Å². The van der Waals surface area contributed by atoms with Crippen LogP contribution in [0.25, 0.3) is 115 Å². The van der Waals surface area contributed by atoms with Crippen molar-refractivity contribution in [1.82, 2.24) is 4.57 Å². The fourth-order valence-corrected chi connectivity index (χ4v) is 9.33. The molecule has 1 aliphatic carbocycles. The molecule has 0 aliphatic heterocycles. The molecule has 1 aliphatic rings. The number of para-hydroxylation sites is 1. The van der Waals surface area contributed by atoms with Gasteiger partial charge in [0.05, 0.1) is 11.0 Å². The van der Waals surface area contributed by atoms with E-state index in [0.29, 0.717) is 0 Å². The maximum absolute atomic E-state index is 2.50. The largest absolute Gasteiger partial charge is 0.309 e. The maximum Gasteiger partial charge on any atom is 0.0625 e. The van der Waals surface area contributed by atoms with Gasteiger partial charge < -0.3 is 4.57 Å². The molecule has 0 N–H and O–H groups in total. The van der Waals surface area contributed by atoms with Gasteiger partial charge in [-0.2, -0.15) is 0 Å². The zero-order valence-electron chi connectivity index (χ0n) is 27.7. The van der Waals surface area contributed by atoms with Crippen LogP contribution in [-0.2, 0) is 0 Å². The van der Waals surface area contributed by atoms with Gasteiger partial charge in [-0.15, -0.1) is 0 Å². The Morgan fingerprint density at radius 3 is 1.86 bits per heavy atom. The highest BCUT2D eigenvalue weighted by Crippen LogP contribution is 2.51. The summed E-state index contributed by atoms with van der Waals surface area (Å²) in [5, 5.41) is 15.5. The maximum atomic E-state index is 2.50. The van der Waals surface area contributed by atoms with Crippen LogP contribution in [0.1, 0.15) is 0 Å². The average molecular weight is 644 g/mol. The van der Waals surface area contributed by atoms with E-state index in [1.54, 1.807) is 0 Å². The topological polar surface area (TPSA) is 4.93 Å². The monoisotopic (exact) mass is 643 g/mol. The fourth-order valence-electron chi connectivity index (χ4n) is 9.33. The Morgan fingerprint density at radius 2 is 0.961 bits per heavy atom. The van der Waals surface area contributed by atoms with E-state index in [1.165, 1.54) is 115 Å². The summed E-state index contributed by atoms with van der Waals surface area (Å²) in [5.41, 5.74) is 11.5. The Bertz CT molecular complexity index is 3300. The van der Waals surface area contributed by atoms with Gasteiger partial charge in [0.25, 0.3) is 0 Å². The molecule has 0 bridgehead atoms. The molecule has 1 aromatic heterocycles. The van der Waals surface area contributed by atoms with Gasteiger partial charge in [-0.1, -0.05) is 152 Å². The molecule has 0 fully saturated rings. The van der Waals surface area contributed by atoms with E-state index in [1.807, 2.05) is 0 Å². The van der Waals surface area contributed by atoms with Crippen molar-refractivity contribution in [1.29, 1.82) is 0 Å². The SMILES string of the molecule is c1cc(-c2ccc3cc(-n4c5ccccc5c5c6ccc7ccccc7c6c6ccccc6c54)ccc3c2)c2c(c1)-c1cccc3cccc-2c13. The minimum atomic E-state index is 1.18. The number of rotatable bonds is 2. The molecule has 1 heteroatoms. The van der Waals surface area contributed by atoms with Crippen LogP contribution in [0.5, 0.6) is 0 Å². The number of nitrogens with zero attached hydrogens (tertiary/aromatic N) is 1. The van der Waals surface area contributed by atoms with Crippen LogP contribution >= 0.6 is 0 Å². The van der Waals surface area contributed by atoms with E-state index in [9.17, 15) is 0 Å². The van der Waals surface area contributed by atoms with Crippen LogP contribution in [0.2, 0.25) is 0 Å². The van der Waals surface area contributed by atoms with Crippen molar-refractivity contribution in [2.45, 2.75) is 0 Å². The van der Waals surface area contributed by atoms with E-state index in [4.69, 9.17) is 0 Å². The molecular weight excluding hydrogens is 615 g/mol. The van der Waals surface area contributed by atoms with Crippen molar-refractivity contribution >= 4 is 75.7 Å². The van der Waals surface area contributed by atoms with Crippen molar-refractivity contribution in [3.8, 4) is 39.1 Å². The third-order valence-electron chi connectivity index (χ3n) is 11.4. The van der Waals surface area contributed by atoms with Crippen LogP contribution in [0, 0.1) is 0 Å². The average Bonchev–Trinajstić information content (AvgIpc) is 3.72. The van der Waals surface area contributed by atoms with Crippen molar-refractivity contribution < 1.29 is 0 Å². The predicted octanol–water partition coefficient (Wildman–Crippen LogP) is 13.9. The minimum Gasteiger partial charge on any atom is -0.309 e. The molecule has 0 saturated heterocycles. The van der Waals surface area contributed by atoms with E-state index in [0.717, 1.165) is 0 Å². The van der Waals surface area contributed by atoms with E-state index < -0.39 is 0 Å². The first kappa shape index (κ1) is 27.2. The van der Waals surface area contributed by atoms with Gasteiger partial charge in [-0.25, -0.2) is 0 Å². The lowest BCUT2D eigenvalue weighted by atomic mass is 9.92. The summed E-state index contributed by atoms with van der Waals surface area (Å²) < 4.78 is 2.50. The molecule has 0 spiro atoms. The lowest BCUT2D eigenvalue weighted by Crippen LogP contribution is -1.95. The third-order valence-corrected chi connectivity index (χ3v) is 11.4. The Labute approximate surface area is 294 Å². The summed E-state index contributed by atoms with van der Waals surface area (Å²) >= 11 is 0. The molecule has 1 heterocycles. The summed E-state index contributed by atoms with van der Waals surface area (Å²) in [6, 6.07) is 65.4. The van der Waals surface area contributed by atoms with Crippen molar-refractivity contribution in [2.24, 2.45) is 0 Å². The molecular formula is C50H29N. The summed E-state index contributed by atoms with van der Waals surface area (Å²) in [6.07, 6.45) is 0. The molecule has 12 rings (SSSR count). The lowest BCUT2D eigenvalue weighted by molar-refractivity contribution is 1.19. The molecule has 0 atom stereocenters. The van der Waals surface area contributed by atoms with Gasteiger partial charge in [0.2, 0.25) is 0 Å². The van der Waals surface area contributed by atoms with Crippen molar-refractivity contribution in [2.75, 3.05) is 0 Å². The third kappa shape index (κ3) is 3.60. The van der Waals surface area contributed by atoms with Crippen LogP contribution in [0.3, 0.4) is 0 Å². The second kappa shape index (κ2) is 9.94. The van der Waals surface area contributed by atoms with Crippen LogP contribution in [-0.4, -0.2) is 4.57 Å². The van der Waals surface area contributed by atoms with Crippen LogP contribution in [0.15, 0.2) is 176 Å². The highest BCUT2D eigenvalue weighted by molar-refractivity contribution is 6.36. The molecule has 0 radical (unpaired) electrons. The minimum absolute atomic E-state index is 1.18. The van der Waals surface area contributed by atoms with E-state index in [-0.39, 0.29) is 0 Å². The number of hydrogen-bond donors (Lipinski definition) is 0. The molecule has 234 valence electrons. The zero-order valence-corrected chi connectivity index (χ0v) is 27.7. The summed E-state index contributed by atoms with van der Waals surface area (Å²) in [6.45, 7) is 0. The first-order chi connectivity index (χ1) is 25.3. The summed E-state index contributed by atoms with van der Waals surface area (Å²) in [7, 11) is 0. The molecule has 0 amide bonds. The molecule has 1 nitrogen and oxygen atoms in total. The van der Waals surface area contributed by atoms with E-state index in [2.05, 4.69) is 180 Å². The smallest absolute Gasteiger partial charge is 0.0625 e. The predicted molar refractivity (Wildman–Crippen MR) is 218 cm³/mol. The van der Waals surface area contributed by atoms with Gasteiger partial charge in [0.1, 0.15) is 0 Å².